The molecule has 0 saturated carbocycles. The van der Waals surface area contributed by atoms with E-state index in [1.807, 2.05) is 0 Å². The van der Waals surface area contributed by atoms with Crippen molar-refractivity contribution in [2.24, 2.45) is 5.18 Å². The number of aromatic hydroxyl groups is 1. The van der Waals surface area contributed by atoms with E-state index < -0.39 is 16.6 Å². The van der Waals surface area contributed by atoms with Crippen LogP contribution in [0.3, 0.4) is 0 Å². The lowest BCUT2D eigenvalue weighted by Gasteiger charge is -1.88. The average Bonchev–Trinajstić information content (AvgIpc) is 2.30. The first kappa shape index (κ1) is 7.67. The van der Waals surface area contributed by atoms with Crippen LogP contribution >= 0.6 is 11.3 Å². The predicted octanol–water partition coefficient (Wildman–Crippen LogP) is 1.55. The van der Waals surface area contributed by atoms with Gasteiger partial charge in [0.1, 0.15) is 11.3 Å². The monoisotopic (exact) mass is 173 g/mol. The number of nitrogens with zero attached hydrogens (tertiary/aromatic N) is 1. The Balaban J connectivity index is 3.28. The second-order valence-electron chi connectivity index (χ2n) is 1.70. The number of aromatic carboxylic acids is 1. The highest BCUT2D eigenvalue weighted by Gasteiger charge is 2.18. The Bertz CT molecular complexity index is 305. The summed E-state index contributed by atoms with van der Waals surface area (Å²) in [7, 11) is 0. The first-order chi connectivity index (χ1) is 5.16. The standard InChI is InChI=1S/C5H3NO4S/c7-4(8)3-2(6-10)1-11-5(3)9/h1,9H,(H,7,8). The van der Waals surface area contributed by atoms with Crippen LogP contribution < -0.4 is 0 Å². The second kappa shape index (κ2) is 2.67. The van der Waals surface area contributed by atoms with Crippen LogP contribution in [-0.4, -0.2) is 16.2 Å². The maximum absolute atomic E-state index is 10.3. The molecule has 6 heteroatoms. The molecule has 2 N–H and O–H groups in total. The van der Waals surface area contributed by atoms with Crippen molar-refractivity contribution in [1.82, 2.24) is 0 Å². The molecule has 1 rings (SSSR count). The lowest BCUT2D eigenvalue weighted by Crippen LogP contribution is -1.93. The first-order valence-electron chi connectivity index (χ1n) is 2.54. The molecule has 0 aliphatic heterocycles. The normalized spacial score (nSPS) is 9.45. The Morgan fingerprint density at radius 2 is 2.27 bits per heavy atom. The van der Waals surface area contributed by atoms with Gasteiger partial charge in [-0.3, -0.25) is 0 Å². The topological polar surface area (TPSA) is 87.0 Å². The van der Waals surface area contributed by atoms with Crippen LogP contribution in [0.2, 0.25) is 0 Å². The average molecular weight is 173 g/mol. The molecule has 0 aromatic carbocycles. The number of carboxylic acid groups (broad SMARTS) is 1. The number of thiophene rings is 1. The minimum atomic E-state index is -1.35. The molecule has 11 heavy (non-hydrogen) atoms. The zero-order valence-electron chi connectivity index (χ0n) is 5.14. The number of carboxylic acids is 1. The van der Waals surface area contributed by atoms with E-state index in [0.717, 1.165) is 11.3 Å². The van der Waals surface area contributed by atoms with Crippen LogP contribution in [0.15, 0.2) is 10.6 Å². The van der Waals surface area contributed by atoms with E-state index in [-0.39, 0.29) is 5.69 Å². The van der Waals surface area contributed by atoms with Crippen molar-refractivity contribution in [1.29, 1.82) is 0 Å². The quantitative estimate of drug-likeness (QED) is 0.664. The minimum absolute atomic E-state index is 0.236. The van der Waals surface area contributed by atoms with Gasteiger partial charge in [-0.1, -0.05) is 0 Å². The molecule has 0 amide bonds. The van der Waals surface area contributed by atoms with Gasteiger partial charge in [-0.15, -0.1) is 16.2 Å². The molecular formula is C5H3NO4S. The summed E-state index contributed by atoms with van der Waals surface area (Å²) < 4.78 is 0. The maximum Gasteiger partial charge on any atom is 0.342 e. The number of nitroso groups, excluding NO2 is 1. The van der Waals surface area contributed by atoms with Crippen LogP contribution in [0, 0.1) is 4.91 Å². The van der Waals surface area contributed by atoms with Gasteiger partial charge in [0.25, 0.3) is 0 Å². The van der Waals surface area contributed by atoms with Crippen LogP contribution in [0.4, 0.5) is 5.69 Å². The summed E-state index contributed by atoms with van der Waals surface area (Å²) in [6.45, 7) is 0. The van der Waals surface area contributed by atoms with Crippen molar-refractivity contribution >= 4 is 23.0 Å². The van der Waals surface area contributed by atoms with E-state index >= 15 is 0 Å². The molecule has 0 aliphatic carbocycles. The third-order valence-corrected chi connectivity index (χ3v) is 1.83. The van der Waals surface area contributed by atoms with Crippen LogP contribution in [0.5, 0.6) is 5.06 Å². The van der Waals surface area contributed by atoms with Gasteiger partial charge in [-0.05, 0) is 5.18 Å². The number of hydrogen-bond acceptors (Lipinski definition) is 5. The first-order valence-corrected chi connectivity index (χ1v) is 3.42. The molecule has 0 spiro atoms. The largest absolute Gasteiger partial charge is 0.499 e. The van der Waals surface area contributed by atoms with E-state index in [0.29, 0.717) is 0 Å². The Morgan fingerprint density at radius 1 is 1.64 bits per heavy atom. The van der Waals surface area contributed by atoms with Crippen molar-refractivity contribution in [3.63, 3.8) is 0 Å². The molecule has 0 aliphatic rings. The second-order valence-corrected chi connectivity index (χ2v) is 2.56. The Hall–Kier alpha value is -1.43. The van der Waals surface area contributed by atoms with Gasteiger partial charge in [0.2, 0.25) is 0 Å². The third kappa shape index (κ3) is 1.20. The number of carbonyl (C=O) groups is 1. The van der Waals surface area contributed by atoms with Gasteiger partial charge in [-0.2, -0.15) is 0 Å². The van der Waals surface area contributed by atoms with Crippen LogP contribution in [0.1, 0.15) is 10.4 Å². The molecule has 0 radical (unpaired) electrons. The maximum atomic E-state index is 10.3. The SMILES string of the molecule is O=Nc1csc(O)c1C(=O)O. The zero-order valence-corrected chi connectivity index (χ0v) is 5.96. The highest BCUT2D eigenvalue weighted by Crippen LogP contribution is 2.34. The van der Waals surface area contributed by atoms with Crippen LogP contribution in [-0.2, 0) is 0 Å². The molecule has 1 aromatic heterocycles. The lowest BCUT2D eigenvalue weighted by molar-refractivity contribution is 0.0695. The van der Waals surface area contributed by atoms with E-state index in [2.05, 4.69) is 5.18 Å². The summed E-state index contributed by atoms with van der Waals surface area (Å²) in [5, 5.41) is 20.5. The van der Waals surface area contributed by atoms with E-state index in [4.69, 9.17) is 10.2 Å². The minimum Gasteiger partial charge on any atom is -0.499 e. The molecule has 1 heterocycles. The fourth-order valence-corrected chi connectivity index (χ4v) is 1.30. The third-order valence-electron chi connectivity index (χ3n) is 1.06. The molecule has 1 aromatic rings. The molecule has 0 bridgehead atoms. The highest BCUT2D eigenvalue weighted by atomic mass is 32.1. The van der Waals surface area contributed by atoms with E-state index in [9.17, 15) is 9.70 Å². The van der Waals surface area contributed by atoms with Gasteiger partial charge in [0, 0.05) is 5.38 Å². The van der Waals surface area contributed by atoms with E-state index in [1.165, 1.54) is 5.38 Å². The fraction of sp³-hybridized carbons (Fsp3) is 0. The van der Waals surface area contributed by atoms with Gasteiger partial charge in [0.15, 0.2) is 5.06 Å². The van der Waals surface area contributed by atoms with Gasteiger partial charge < -0.3 is 10.2 Å². The van der Waals surface area contributed by atoms with Crippen molar-refractivity contribution in [3.05, 3.63) is 15.9 Å². The Labute approximate surface area is 64.9 Å². The summed E-state index contributed by atoms with van der Waals surface area (Å²) in [5.74, 6) is -1.35. The van der Waals surface area contributed by atoms with Crippen molar-refractivity contribution in [2.75, 3.05) is 0 Å². The Kier molecular flexibility index (Phi) is 1.86. The summed E-state index contributed by atoms with van der Waals surface area (Å²) in [4.78, 5) is 20.2. The predicted molar refractivity (Wildman–Crippen MR) is 38.4 cm³/mol. The molecular weight excluding hydrogens is 170 g/mol. The van der Waals surface area contributed by atoms with E-state index in [1.54, 1.807) is 0 Å². The van der Waals surface area contributed by atoms with Crippen molar-refractivity contribution < 1.29 is 15.0 Å². The molecule has 58 valence electrons. The molecule has 0 fully saturated rings. The molecule has 0 atom stereocenters. The number of hydrogen-bond donors (Lipinski definition) is 2. The zero-order chi connectivity index (χ0) is 8.43. The van der Waals surface area contributed by atoms with Gasteiger partial charge in [0.05, 0.1) is 0 Å². The molecule has 5 nitrogen and oxygen atoms in total. The van der Waals surface area contributed by atoms with Crippen LogP contribution in [0.25, 0.3) is 0 Å². The van der Waals surface area contributed by atoms with Crippen molar-refractivity contribution in [3.8, 4) is 5.06 Å². The summed E-state index contributed by atoms with van der Waals surface area (Å²) in [6, 6.07) is 0. The Morgan fingerprint density at radius 3 is 2.64 bits per heavy atom. The summed E-state index contributed by atoms with van der Waals surface area (Å²) in [6.07, 6.45) is 0. The van der Waals surface area contributed by atoms with Gasteiger partial charge >= 0.3 is 5.97 Å². The summed E-state index contributed by atoms with van der Waals surface area (Å²) >= 11 is 0.765. The van der Waals surface area contributed by atoms with Crippen molar-refractivity contribution in [2.45, 2.75) is 0 Å². The summed E-state index contributed by atoms with van der Waals surface area (Å²) in [5.41, 5.74) is -0.662. The number of rotatable bonds is 2. The molecule has 0 unspecified atom stereocenters. The molecule has 0 saturated heterocycles. The lowest BCUT2D eigenvalue weighted by atomic mass is 10.3. The fourth-order valence-electron chi connectivity index (χ4n) is 0.607. The highest BCUT2D eigenvalue weighted by molar-refractivity contribution is 7.12. The van der Waals surface area contributed by atoms with Gasteiger partial charge in [-0.25, -0.2) is 4.79 Å². The smallest absolute Gasteiger partial charge is 0.342 e.